The van der Waals surface area contributed by atoms with E-state index in [2.05, 4.69) is 15.5 Å². The Morgan fingerprint density at radius 1 is 1.25 bits per heavy atom. The van der Waals surface area contributed by atoms with Gasteiger partial charge in [0.15, 0.2) is 5.69 Å². The van der Waals surface area contributed by atoms with Crippen molar-refractivity contribution >= 4 is 22.5 Å². The van der Waals surface area contributed by atoms with Crippen LogP contribution in [0.25, 0.3) is 10.9 Å². The Balaban J connectivity index is 1.95. The number of carbonyl (C=O) groups is 1. The zero-order valence-electron chi connectivity index (χ0n) is 10.8. The Labute approximate surface area is 115 Å². The number of nitrogens with one attached hydrogen (secondary N) is 2. The van der Waals surface area contributed by atoms with Crippen LogP contribution in [-0.4, -0.2) is 21.2 Å². The average Bonchev–Trinajstić information content (AvgIpc) is 2.87. The summed E-state index contributed by atoms with van der Waals surface area (Å²) in [7, 11) is 0. The fourth-order valence-corrected chi connectivity index (χ4v) is 2.07. The average molecular weight is 267 g/mol. The summed E-state index contributed by atoms with van der Waals surface area (Å²) >= 11 is 0. The number of phenols is 1. The zero-order chi connectivity index (χ0) is 14.1. The topological polar surface area (TPSA) is 78.0 Å². The molecule has 3 rings (SSSR count). The molecule has 2 aromatic carbocycles. The molecule has 0 radical (unpaired) electrons. The largest absolute Gasteiger partial charge is 0.506 e. The first-order chi connectivity index (χ1) is 9.65. The van der Waals surface area contributed by atoms with Gasteiger partial charge in [-0.05, 0) is 30.7 Å². The van der Waals surface area contributed by atoms with Crippen molar-refractivity contribution in [3.8, 4) is 5.75 Å². The highest BCUT2D eigenvalue weighted by atomic mass is 16.3. The molecule has 0 atom stereocenters. The molecule has 0 unspecified atom stereocenters. The molecule has 0 aliphatic rings. The van der Waals surface area contributed by atoms with Crippen LogP contribution in [0.1, 0.15) is 16.1 Å². The lowest BCUT2D eigenvalue weighted by molar-refractivity contribution is 0.102. The molecule has 100 valence electrons. The fourth-order valence-electron chi connectivity index (χ4n) is 2.07. The first-order valence-corrected chi connectivity index (χ1v) is 6.19. The van der Waals surface area contributed by atoms with Crippen LogP contribution in [0.5, 0.6) is 5.75 Å². The third-order valence-electron chi connectivity index (χ3n) is 3.09. The van der Waals surface area contributed by atoms with E-state index >= 15 is 0 Å². The van der Waals surface area contributed by atoms with Gasteiger partial charge in [0.25, 0.3) is 5.91 Å². The van der Waals surface area contributed by atoms with Gasteiger partial charge in [0.2, 0.25) is 0 Å². The van der Waals surface area contributed by atoms with Gasteiger partial charge in [-0.25, -0.2) is 0 Å². The Bertz CT molecular complexity index is 793. The highest BCUT2D eigenvalue weighted by Crippen LogP contribution is 2.25. The number of aromatic hydroxyl groups is 1. The Hall–Kier alpha value is -2.82. The number of aromatic nitrogens is 2. The van der Waals surface area contributed by atoms with Crippen molar-refractivity contribution in [1.82, 2.24) is 10.2 Å². The molecule has 1 aromatic heterocycles. The second kappa shape index (κ2) is 4.70. The van der Waals surface area contributed by atoms with Gasteiger partial charge in [-0.1, -0.05) is 24.3 Å². The smallest absolute Gasteiger partial charge is 0.276 e. The highest BCUT2D eigenvalue weighted by Gasteiger charge is 2.15. The molecule has 0 fully saturated rings. The fraction of sp³-hybridized carbons (Fsp3) is 0.0667. The Morgan fingerprint density at radius 3 is 2.90 bits per heavy atom. The molecular formula is C15H13N3O2. The number of hydrogen-bond acceptors (Lipinski definition) is 3. The minimum Gasteiger partial charge on any atom is -0.506 e. The quantitative estimate of drug-likeness (QED) is 0.625. The number of aryl methyl sites for hydroxylation is 1. The van der Waals surface area contributed by atoms with E-state index in [0.717, 1.165) is 16.5 Å². The standard InChI is InChI=1S/C15H13N3O2/c1-9-6-7-13(19)12(8-9)16-15(20)14-10-4-2-3-5-11(10)17-18-14/h2-8,19H,1H3,(H,16,20)(H,17,18). The number of nitrogens with zero attached hydrogens (tertiary/aromatic N) is 1. The molecule has 0 saturated carbocycles. The summed E-state index contributed by atoms with van der Waals surface area (Å²) in [5.41, 5.74) is 2.43. The number of H-pyrrole nitrogens is 1. The number of fused-ring (bicyclic) bond motifs is 1. The van der Waals surface area contributed by atoms with Gasteiger partial charge in [-0.2, -0.15) is 5.10 Å². The number of aromatic amines is 1. The second-order valence-electron chi connectivity index (χ2n) is 4.59. The van der Waals surface area contributed by atoms with Gasteiger partial charge in [-0.15, -0.1) is 0 Å². The summed E-state index contributed by atoms with van der Waals surface area (Å²) in [6.45, 7) is 1.89. The lowest BCUT2D eigenvalue weighted by Crippen LogP contribution is -2.13. The molecule has 3 aromatic rings. The number of carbonyl (C=O) groups excluding carboxylic acids is 1. The van der Waals surface area contributed by atoms with E-state index in [-0.39, 0.29) is 11.7 Å². The molecule has 0 aliphatic heterocycles. The van der Waals surface area contributed by atoms with Crippen molar-refractivity contribution in [3.05, 3.63) is 53.7 Å². The first kappa shape index (κ1) is 12.2. The first-order valence-electron chi connectivity index (χ1n) is 6.19. The normalized spacial score (nSPS) is 10.7. The molecule has 5 heteroatoms. The monoisotopic (exact) mass is 267 g/mol. The summed E-state index contributed by atoms with van der Waals surface area (Å²) in [6, 6.07) is 12.4. The molecule has 0 bridgehead atoms. The number of para-hydroxylation sites is 1. The van der Waals surface area contributed by atoms with Crippen molar-refractivity contribution in [2.24, 2.45) is 0 Å². The van der Waals surface area contributed by atoms with Crippen molar-refractivity contribution in [2.75, 3.05) is 5.32 Å². The SMILES string of the molecule is Cc1ccc(O)c(NC(=O)c2n[nH]c3ccccc23)c1. The van der Waals surface area contributed by atoms with Gasteiger partial charge in [-0.3, -0.25) is 9.89 Å². The molecule has 0 saturated heterocycles. The molecule has 0 spiro atoms. The number of hydrogen-bond donors (Lipinski definition) is 3. The van der Waals surface area contributed by atoms with Gasteiger partial charge in [0, 0.05) is 5.39 Å². The third kappa shape index (κ3) is 2.09. The van der Waals surface area contributed by atoms with Crippen molar-refractivity contribution in [3.63, 3.8) is 0 Å². The summed E-state index contributed by atoms with van der Waals surface area (Å²) in [4.78, 5) is 12.2. The van der Waals surface area contributed by atoms with Crippen molar-refractivity contribution in [1.29, 1.82) is 0 Å². The maximum absolute atomic E-state index is 12.2. The number of amides is 1. The van der Waals surface area contributed by atoms with Crippen LogP contribution in [0.3, 0.4) is 0 Å². The maximum Gasteiger partial charge on any atom is 0.276 e. The summed E-state index contributed by atoms with van der Waals surface area (Å²) in [6.07, 6.45) is 0. The second-order valence-corrected chi connectivity index (χ2v) is 4.59. The number of rotatable bonds is 2. The van der Waals surface area contributed by atoms with Gasteiger partial charge >= 0.3 is 0 Å². The van der Waals surface area contributed by atoms with Crippen LogP contribution in [0.15, 0.2) is 42.5 Å². The minimum absolute atomic E-state index is 0.0313. The van der Waals surface area contributed by atoms with Crippen LogP contribution in [0.2, 0.25) is 0 Å². The minimum atomic E-state index is -0.358. The number of phenolic OH excluding ortho intramolecular Hbond substituents is 1. The van der Waals surface area contributed by atoms with E-state index in [4.69, 9.17) is 0 Å². The van der Waals surface area contributed by atoms with Crippen LogP contribution in [0.4, 0.5) is 5.69 Å². The molecule has 1 heterocycles. The van der Waals surface area contributed by atoms with Crippen molar-refractivity contribution < 1.29 is 9.90 Å². The molecular weight excluding hydrogens is 254 g/mol. The molecule has 3 N–H and O–H groups in total. The van der Waals surface area contributed by atoms with Gasteiger partial charge < -0.3 is 10.4 Å². The number of benzene rings is 2. The maximum atomic E-state index is 12.2. The van der Waals surface area contributed by atoms with Crippen LogP contribution in [-0.2, 0) is 0 Å². The van der Waals surface area contributed by atoms with Crippen LogP contribution in [0, 0.1) is 6.92 Å². The van der Waals surface area contributed by atoms with E-state index < -0.39 is 0 Å². The van der Waals surface area contributed by atoms with E-state index in [0.29, 0.717) is 11.4 Å². The van der Waals surface area contributed by atoms with Crippen LogP contribution >= 0.6 is 0 Å². The van der Waals surface area contributed by atoms with Gasteiger partial charge in [0.1, 0.15) is 5.75 Å². The van der Waals surface area contributed by atoms with Crippen LogP contribution < -0.4 is 5.32 Å². The molecule has 20 heavy (non-hydrogen) atoms. The summed E-state index contributed by atoms with van der Waals surface area (Å²) in [5.74, 6) is -0.327. The highest BCUT2D eigenvalue weighted by molar-refractivity contribution is 6.11. The zero-order valence-corrected chi connectivity index (χ0v) is 10.8. The number of anilines is 1. The van der Waals surface area contributed by atoms with E-state index in [1.807, 2.05) is 31.2 Å². The van der Waals surface area contributed by atoms with E-state index in [1.165, 1.54) is 0 Å². The van der Waals surface area contributed by atoms with Gasteiger partial charge in [0.05, 0.1) is 11.2 Å². The predicted octanol–water partition coefficient (Wildman–Crippen LogP) is 2.83. The predicted molar refractivity (Wildman–Crippen MR) is 76.9 cm³/mol. The molecule has 0 aliphatic carbocycles. The summed E-state index contributed by atoms with van der Waals surface area (Å²) in [5, 5.41) is 20.0. The van der Waals surface area contributed by atoms with E-state index in [1.54, 1.807) is 18.2 Å². The van der Waals surface area contributed by atoms with E-state index in [9.17, 15) is 9.90 Å². The lowest BCUT2D eigenvalue weighted by Gasteiger charge is -2.07. The lowest BCUT2D eigenvalue weighted by atomic mass is 10.2. The Morgan fingerprint density at radius 2 is 2.05 bits per heavy atom. The summed E-state index contributed by atoms with van der Waals surface area (Å²) < 4.78 is 0. The molecule has 5 nitrogen and oxygen atoms in total. The van der Waals surface area contributed by atoms with Crippen molar-refractivity contribution in [2.45, 2.75) is 6.92 Å². The molecule has 1 amide bonds. The Kier molecular flexibility index (Phi) is 2.87. The third-order valence-corrected chi connectivity index (χ3v) is 3.09.